The average molecular weight is 606 g/mol. The fourth-order valence-electron chi connectivity index (χ4n) is 4.17. The minimum atomic E-state index is 0.136. The Labute approximate surface area is 258 Å². The van der Waals surface area contributed by atoms with Crippen molar-refractivity contribution in [2.75, 3.05) is 39.8 Å². The van der Waals surface area contributed by atoms with Gasteiger partial charge in [0.05, 0.1) is 0 Å². The summed E-state index contributed by atoms with van der Waals surface area (Å²) in [5.74, 6) is 0.966. The first-order chi connectivity index (χ1) is 20.6. The lowest BCUT2D eigenvalue weighted by Crippen LogP contribution is -2.42. The van der Waals surface area contributed by atoms with Gasteiger partial charge in [-0.3, -0.25) is 35.4 Å². The SMILES string of the molecule is CCCCCCC(=O)N(CCCN=C(N)NC(N)=NC)CCCN=C(N)NC(N)=NCCCCCCCC(=N)CC(C)=N. The van der Waals surface area contributed by atoms with Crippen LogP contribution in [0, 0.1) is 10.8 Å². The fourth-order valence-corrected chi connectivity index (χ4v) is 4.17. The Balaban J connectivity index is 4.46. The van der Waals surface area contributed by atoms with Crippen molar-refractivity contribution in [2.24, 2.45) is 42.9 Å². The second-order valence-corrected chi connectivity index (χ2v) is 10.6. The normalized spacial score (nSPS) is 12.7. The van der Waals surface area contributed by atoms with Crippen molar-refractivity contribution in [2.45, 2.75) is 104 Å². The molecular weight excluding hydrogens is 546 g/mol. The highest BCUT2D eigenvalue weighted by atomic mass is 16.2. The van der Waals surface area contributed by atoms with Crippen molar-refractivity contribution in [3.63, 3.8) is 0 Å². The average Bonchev–Trinajstić information content (AvgIpc) is 2.95. The number of guanidine groups is 4. The van der Waals surface area contributed by atoms with Crippen LogP contribution in [0.25, 0.3) is 0 Å². The van der Waals surface area contributed by atoms with Crippen LogP contribution in [0.3, 0.4) is 0 Å². The third-order valence-electron chi connectivity index (χ3n) is 6.48. The summed E-state index contributed by atoms with van der Waals surface area (Å²) in [7, 11) is 1.56. The molecule has 0 aliphatic carbocycles. The molecule has 0 saturated heterocycles. The van der Waals surface area contributed by atoms with E-state index in [2.05, 4.69) is 37.5 Å². The van der Waals surface area contributed by atoms with Crippen LogP contribution in [0.4, 0.5) is 0 Å². The van der Waals surface area contributed by atoms with E-state index < -0.39 is 0 Å². The lowest BCUT2D eigenvalue weighted by atomic mass is 10.1. The summed E-state index contributed by atoms with van der Waals surface area (Å²) >= 11 is 0. The number of unbranched alkanes of at least 4 members (excludes halogenated alkanes) is 7. The maximum absolute atomic E-state index is 12.9. The van der Waals surface area contributed by atoms with E-state index in [-0.39, 0.29) is 29.7 Å². The summed E-state index contributed by atoms with van der Waals surface area (Å²) in [6.45, 7) is 6.56. The van der Waals surface area contributed by atoms with Crippen molar-refractivity contribution < 1.29 is 4.79 Å². The van der Waals surface area contributed by atoms with Gasteiger partial charge in [0.25, 0.3) is 0 Å². The standard InChI is InChI=1S/C29H59N13O/c1-4-5-6-11-16-25(43)42(20-13-18-38-27(33)40-26(32)36-3)21-14-19-39-29(35)41-28(34)37-17-12-9-7-8-10-15-24(31)22-23(2)30/h30-31H,4-22H2,1-3H3,(H5,32,33,36,38,40)(H5,34,35,37,39,41). The van der Waals surface area contributed by atoms with Crippen molar-refractivity contribution in [1.82, 2.24) is 15.5 Å². The van der Waals surface area contributed by atoms with E-state index in [9.17, 15) is 4.79 Å². The third kappa shape index (κ3) is 24.6. The van der Waals surface area contributed by atoms with Crippen LogP contribution < -0.4 is 33.6 Å². The minimum absolute atomic E-state index is 0.136. The molecule has 0 atom stereocenters. The smallest absolute Gasteiger partial charge is 0.222 e. The fraction of sp³-hybridized carbons (Fsp3) is 0.759. The Morgan fingerprint density at radius 3 is 1.67 bits per heavy atom. The van der Waals surface area contributed by atoms with E-state index in [1.165, 1.54) is 0 Å². The molecular formula is C29H59N13O. The summed E-state index contributed by atoms with van der Waals surface area (Å²) < 4.78 is 0. The molecule has 43 heavy (non-hydrogen) atoms. The summed E-state index contributed by atoms with van der Waals surface area (Å²) in [6.07, 6.45) is 12.4. The monoisotopic (exact) mass is 605 g/mol. The van der Waals surface area contributed by atoms with Crippen LogP contribution in [0.2, 0.25) is 0 Å². The first-order valence-electron chi connectivity index (χ1n) is 15.6. The summed E-state index contributed by atoms with van der Waals surface area (Å²) in [6, 6.07) is 0. The van der Waals surface area contributed by atoms with Crippen LogP contribution in [0.15, 0.2) is 20.0 Å². The molecule has 0 saturated carbocycles. The molecule has 0 aromatic heterocycles. The van der Waals surface area contributed by atoms with Gasteiger partial charge in [-0.25, -0.2) is 0 Å². The maximum atomic E-state index is 12.9. The van der Waals surface area contributed by atoms with Gasteiger partial charge < -0.3 is 38.7 Å². The molecule has 0 fully saturated rings. The molecule has 14 heteroatoms. The molecule has 0 bridgehead atoms. The van der Waals surface area contributed by atoms with E-state index in [1.807, 2.05) is 4.90 Å². The second kappa shape index (κ2) is 26.0. The van der Waals surface area contributed by atoms with E-state index in [0.717, 1.165) is 64.2 Å². The molecule has 12 N–H and O–H groups in total. The molecule has 0 radical (unpaired) electrons. The van der Waals surface area contributed by atoms with Crippen molar-refractivity contribution in [3.05, 3.63) is 0 Å². The number of nitrogens with zero attached hydrogens (tertiary/aromatic N) is 5. The van der Waals surface area contributed by atoms with Gasteiger partial charge in [-0.2, -0.15) is 0 Å². The molecule has 0 aromatic rings. The number of hydrogen-bond acceptors (Lipinski definition) is 7. The highest BCUT2D eigenvalue weighted by Crippen LogP contribution is 2.08. The summed E-state index contributed by atoms with van der Waals surface area (Å²) in [5, 5.41) is 20.8. The number of hydrogen-bond donors (Lipinski definition) is 8. The van der Waals surface area contributed by atoms with Gasteiger partial charge in [0, 0.05) is 64.0 Å². The molecule has 0 spiro atoms. The Hall–Kier alpha value is -3.71. The van der Waals surface area contributed by atoms with Crippen LogP contribution in [-0.2, 0) is 4.79 Å². The molecule has 1 amide bonds. The number of nitrogens with two attached hydrogens (primary N) is 4. The zero-order valence-electron chi connectivity index (χ0n) is 26.9. The van der Waals surface area contributed by atoms with Gasteiger partial charge in [-0.05, 0) is 45.4 Å². The van der Waals surface area contributed by atoms with Gasteiger partial charge in [0.15, 0.2) is 23.8 Å². The maximum Gasteiger partial charge on any atom is 0.222 e. The largest absolute Gasteiger partial charge is 0.370 e. The van der Waals surface area contributed by atoms with Gasteiger partial charge in [-0.1, -0.05) is 45.4 Å². The minimum Gasteiger partial charge on any atom is -0.370 e. The number of amides is 1. The Bertz CT molecular complexity index is 927. The molecule has 0 aliphatic rings. The first-order valence-corrected chi connectivity index (χ1v) is 15.6. The van der Waals surface area contributed by atoms with Crippen LogP contribution in [0.1, 0.15) is 104 Å². The van der Waals surface area contributed by atoms with Crippen LogP contribution >= 0.6 is 0 Å². The number of nitrogens with one attached hydrogen (secondary N) is 4. The number of carbonyl (C=O) groups is 1. The van der Waals surface area contributed by atoms with E-state index in [4.69, 9.17) is 33.8 Å². The highest BCUT2D eigenvalue weighted by Gasteiger charge is 2.12. The summed E-state index contributed by atoms with van der Waals surface area (Å²) in [4.78, 5) is 31.4. The highest BCUT2D eigenvalue weighted by molar-refractivity contribution is 6.00. The molecule has 0 aromatic carbocycles. The number of carbonyl (C=O) groups excluding carboxylic acids is 1. The third-order valence-corrected chi connectivity index (χ3v) is 6.48. The number of rotatable bonds is 23. The van der Waals surface area contributed by atoms with E-state index in [0.29, 0.717) is 69.8 Å². The lowest BCUT2D eigenvalue weighted by molar-refractivity contribution is -0.131. The van der Waals surface area contributed by atoms with Gasteiger partial charge in [-0.15, -0.1) is 0 Å². The molecule has 0 rings (SSSR count). The molecule has 0 unspecified atom stereocenters. The second-order valence-electron chi connectivity index (χ2n) is 10.6. The Kier molecular flexibility index (Phi) is 23.7. The molecule has 14 nitrogen and oxygen atoms in total. The zero-order valence-corrected chi connectivity index (χ0v) is 26.9. The topological polar surface area (TPSA) is 246 Å². The predicted octanol–water partition coefficient (Wildman–Crippen LogP) is 2.42. The lowest BCUT2D eigenvalue weighted by Gasteiger charge is -2.22. The Morgan fingerprint density at radius 1 is 0.674 bits per heavy atom. The van der Waals surface area contributed by atoms with E-state index >= 15 is 0 Å². The molecule has 246 valence electrons. The zero-order chi connectivity index (χ0) is 32.3. The van der Waals surface area contributed by atoms with Gasteiger partial charge in [0.2, 0.25) is 5.91 Å². The van der Waals surface area contributed by atoms with Gasteiger partial charge >= 0.3 is 0 Å². The molecule has 0 aliphatic heterocycles. The summed E-state index contributed by atoms with van der Waals surface area (Å²) in [5.41, 5.74) is 24.5. The molecule has 0 heterocycles. The van der Waals surface area contributed by atoms with Crippen molar-refractivity contribution in [1.29, 1.82) is 10.8 Å². The van der Waals surface area contributed by atoms with Crippen molar-refractivity contribution >= 4 is 41.2 Å². The van der Waals surface area contributed by atoms with Crippen LogP contribution in [-0.4, -0.2) is 85.8 Å². The van der Waals surface area contributed by atoms with E-state index in [1.54, 1.807) is 14.0 Å². The quantitative estimate of drug-likeness (QED) is 0.0490. The van der Waals surface area contributed by atoms with Crippen LogP contribution in [0.5, 0.6) is 0 Å². The number of aliphatic imine (C=N–C) groups is 4. The predicted molar refractivity (Wildman–Crippen MR) is 181 cm³/mol. The Morgan fingerprint density at radius 2 is 1.14 bits per heavy atom. The van der Waals surface area contributed by atoms with Gasteiger partial charge in [0.1, 0.15) is 0 Å². The van der Waals surface area contributed by atoms with Crippen molar-refractivity contribution in [3.8, 4) is 0 Å². The first kappa shape index (κ1) is 39.3.